The van der Waals surface area contributed by atoms with Gasteiger partial charge in [-0.1, -0.05) is 30.3 Å². The van der Waals surface area contributed by atoms with Gasteiger partial charge in [0, 0.05) is 18.3 Å². The molecule has 0 fully saturated rings. The Morgan fingerprint density at radius 1 is 1.10 bits per heavy atom. The van der Waals surface area contributed by atoms with E-state index in [9.17, 15) is 10.1 Å². The summed E-state index contributed by atoms with van der Waals surface area (Å²) in [6.45, 7) is 0. The summed E-state index contributed by atoms with van der Waals surface area (Å²) in [5.74, 6) is 0. The van der Waals surface area contributed by atoms with Gasteiger partial charge in [0.2, 0.25) is 0 Å². The molecule has 0 aromatic heterocycles. The van der Waals surface area contributed by atoms with Crippen molar-refractivity contribution >= 4 is 17.6 Å². The molecule has 0 aliphatic rings. The van der Waals surface area contributed by atoms with Gasteiger partial charge < -0.3 is 0 Å². The lowest BCUT2D eigenvalue weighted by atomic mass is 10.1. The van der Waals surface area contributed by atoms with Crippen molar-refractivity contribution in [2.75, 3.05) is 5.43 Å². The number of hydrogen-bond donors (Lipinski definition) is 1. The summed E-state index contributed by atoms with van der Waals surface area (Å²) in [5, 5.41) is 14.6. The molecule has 0 unspecified atom stereocenters. The predicted octanol–water partition coefficient (Wildman–Crippen LogP) is 3.63. The van der Waals surface area contributed by atoms with Crippen LogP contribution in [0.25, 0.3) is 0 Å². The number of nitro benzene ring substituents is 1. The second-order valence-electron chi connectivity index (χ2n) is 4.25. The Morgan fingerprint density at radius 2 is 1.80 bits per heavy atom. The second-order valence-corrected chi connectivity index (χ2v) is 4.25. The molecule has 0 atom stereocenters. The molecule has 20 heavy (non-hydrogen) atoms. The molecule has 0 bridgehead atoms. The zero-order valence-electron chi connectivity index (χ0n) is 10.9. The van der Waals surface area contributed by atoms with Crippen molar-refractivity contribution in [1.29, 1.82) is 0 Å². The van der Waals surface area contributed by atoms with Crippen molar-refractivity contribution < 1.29 is 4.92 Å². The Kier molecular flexibility index (Phi) is 4.83. The van der Waals surface area contributed by atoms with Crippen LogP contribution in [0.1, 0.15) is 12.0 Å². The highest BCUT2D eigenvalue weighted by Crippen LogP contribution is 2.15. The molecular formula is C15H15N3O2. The first-order chi connectivity index (χ1) is 9.75. The first-order valence-corrected chi connectivity index (χ1v) is 6.31. The Balaban J connectivity index is 1.77. The van der Waals surface area contributed by atoms with Gasteiger partial charge in [-0.3, -0.25) is 15.5 Å². The van der Waals surface area contributed by atoms with E-state index in [1.54, 1.807) is 18.3 Å². The number of benzene rings is 2. The van der Waals surface area contributed by atoms with Gasteiger partial charge in [-0.15, -0.1) is 0 Å². The van der Waals surface area contributed by atoms with E-state index in [0.717, 1.165) is 18.5 Å². The summed E-state index contributed by atoms with van der Waals surface area (Å²) < 4.78 is 0. The van der Waals surface area contributed by atoms with Gasteiger partial charge in [0.05, 0.1) is 10.6 Å². The van der Waals surface area contributed by atoms with Gasteiger partial charge in [0.25, 0.3) is 5.69 Å². The maximum absolute atomic E-state index is 10.5. The third-order valence-electron chi connectivity index (χ3n) is 2.77. The zero-order chi connectivity index (χ0) is 14.2. The van der Waals surface area contributed by atoms with E-state index in [4.69, 9.17) is 0 Å². The molecule has 2 aromatic carbocycles. The normalized spacial score (nSPS) is 10.6. The summed E-state index contributed by atoms with van der Waals surface area (Å²) in [4.78, 5) is 10.1. The molecular weight excluding hydrogens is 254 g/mol. The van der Waals surface area contributed by atoms with Gasteiger partial charge in [0.15, 0.2) is 0 Å². The van der Waals surface area contributed by atoms with Crippen LogP contribution in [0.15, 0.2) is 59.7 Å². The van der Waals surface area contributed by atoms with Crippen LogP contribution in [-0.2, 0) is 6.42 Å². The maximum atomic E-state index is 10.5. The molecule has 0 aliphatic carbocycles. The number of nitrogens with zero attached hydrogens (tertiary/aromatic N) is 2. The standard InChI is InChI=1S/C15H15N3O2/c19-18(20)15-10-8-14(9-11-15)17-16-12-4-7-13-5-2-1-3-6-13/h1-3,5-6,8-12,17H,4,7H2. The number of anilines is 1. The van der Waals surface area contributed by atoms with E-state index >= 15 is 0 Å². The zero-order valence-corrected chi connectivity index (χ0v) is 10.9. The lowest BCUT2D eigenvalue weighted by molar-refractivity contribution is -0.384. The number of hydrogen-bond acceptors (Lipinski definition) is 4. The molecule has 0 radical (unpaired) electrons. The second kappa shape index (κ2) is 7.04. The van der Waals surface area contributed by atoms with Crippen molar-refractivity contribution in [3.05, 3.63) is 70.3 Å². The minimum atomic E-state index is -0.424. The van der Waals surface area contributed by atoms with E-state index in [-0.39, 0.29) is 5.69 Å². The summed E-state index contributed by atoms with van der Waals surface area (Å²) in [5.41, 5.74) is 4.92. The van der Waals surface area contributed by atoms with Gasteiger partial charge in [-0.25, -0.2) is 0 Å². The lowest BCUT2D eigenvalue weighted by Crippen LogP contribution is -1.92. The molecule has 0 heterocycles. The first kappa shape index (κ1) is 13.7. The average Bonchev–Trinajstić information content (AvgIpc) is 2.48. The number of aryl methyl sites for hydroxylation is 1. The van der Waals surface area contributed by atoms with Crippen LogP contribution in [0.5, 0.6) is 0 Å². The van der Waals surface area contributed by atoms with Crippen molar-refractivity contribution in [2.45, 2.75) is 12.8 Å². The van der Waals surface area contributed by atoms with Gasteiger partial charge in [-0.2, -0.15) is 5.10 Å². The van der Waals surface area contributed by atoms with Gasteiger partial charge in [0.1, 0.15) is 0 Å². The van der Waals surface area contributed by atoms with Gasteiger partial charge in [-0.05, 0) is 30.5 Å². The summed E-state index contributed by atoms with van der Waals surface area (Å²) >= 11 is 0. The third kappa shape index (κ3) is 4.20. The van der Waals surface area contributed by atoms with Crippen LogP contribution >= 0.6 is 0 Å². The van der Waals surface area contributed by atoms with E-state index in [1.807, 2.05) is 18.2 Å². The molecule has 5 nitrogen and oxygen atoms in total. The quantitative estimate of drug-likeness (QED) is 0.494. The van der Waals surface area contributed by atoms with Crippen molar-refractivity contribution in [3.63, 3.8) is 0 Å². The molecule has 0 saturated heterocycles. The number of nitrogens with one attached hydrogen (secondary N) is 1. The topological polar surface area (TPSA) is 67.5 Å². The molecule has 5 heteroatoms. The highest BCUT2D eigenvalue weighted by atomic mass is 16.6. The minimum Gasteiger partial charge on any atom is -0.279 e. The van der Waals surface area contributed by atoms with Crippen molar-refractivity contribution in [3.8, 4) is 0 Å². The Morgan fingerprint density at radius 3 is 2.45 bits per heavy atom. The Bertz CT molecular complexity index is 580. The number of non-ortho nitro benzene ring substituents is 1. The molecule has 1 N–H and O–H groups in total. The average molecular weight is 269 g/mol. The largest absolute Gasteiger partial charge is 0.279 e. The van der Waals surface area contributed by atoms with E-state index in [1.165, 1.54) is 17.7 Å². The third-order valence-corrected chi connectivity index (χ3v) is 2.77. The van der Waals surface area contributed by atoms with Crippen LogP contribution in [0.3, 0.4) is 0 Å². The minimum absolute atomic E-state index is 0.0728. The molecule has 0 amide bonds. The summed E-state index contributed by atoms with van der Waals surface area (Å²) in [6, 6.07) is 16.3. The fraction of sp³-hybridized carbons (Fsp3) is 0.133. The summed E-state index contributed by atoms with van der Waals surface area (Å²) in [7, 11) is 0. The van der Waals surface area contributed by atoms with Gasteiger partial charge >= 0.3 is 0 Å². The van der Waals surface area contributed by atoms with Crippen LogP contribution in [0.4, 0.5) is 11.4 Å². The number of hydrazone groups is 1. The number of rotatable bonds is 6. The van der Waals surface area contributed by atoms with Crippen LogP contribution < -0.4 is 5.43 Å². The lowest BCUT2D eigenvalue weighted by Gasteiger charge is -1.99. The Labute approximate surface area is 117 Å². The van der Waals surface area contributed by atoms with E-state index in [2.05, 4.69) is 22.7 Å². The SMILES string of the molecule is O=[N+]([O-])c1ccc(NN=CCCc2ccccc2)cc1. The molecule has 102 valence electrons. The van der Waals surface area contributed by atoms with Crippen LogP contribution in [0, 0.1) is 10.1 Å². The molecule has 2 rings (SSSR count). The fourth-order valence-electron chi connectivity index (χ4n) is 1.72. The fourth-order valence-corrected chi connectivity index (χ4v) is 1.72. The molecule has 0 spiro atoms. The summed E-state index contributed by atoms with van der Waals surface area (Å²) in [6.07, 6.45) is 3.57. The van der Waals surface area contributed by atoms with Crippen molar-refractivity contribution in [1.82, 2.24) is 0 Å². The number of nitro groups is 1. The molecule has 0 aliphatic heterocycles. The van der Waals surface area contributed by atoms with E-state index in [0.29, 0.717) is 0 Å². The molecule has 2 aromatic rings. The highest BCUT2D eigenvalue weighted by molar-refractivity contribution is 5.60. The van der Waals surface area contributed by atoms with E-state index < -0.39 is 4.92 Å². The Hall–Kier alpha value is -2.69. The monoisotopic (exact) mass is 269 g/mol. The predicted molar refractivity (Wildman–Crippen MR) is 80.0 cm³/mol. The van der Waals surface area contributed by atoms with Crippen molar-refractivity contribution in [2.24, 2.45) is 5.10 Å². The smallest absolute Gasteiger partial charge is 0.269 e. The first-order valence-electron chi connectivity index (χ1n) is 6.31. The highest BCUT2D eigenvalue weighted by Gasteiger charge is 2.02. The van der Waals surface area contributed by atoms with Crippen LogP contribution in [0.2, 0.25) is 0 Å². The van der Waals surface area contributed by atoms with Crippen LogP contribution in [-0.4, -0.2) is 11.1 Å². The molecule has 0 saturated carbocycles. The maximum Gasteiger partial charge on any atom is 0.269 e.